The van der Waals surface area contributed by atoms with Crippen LogP contribution in [-0.2, 0) is 0 Å². The van der Waals surface area contributed by atoms with E-state index in [4.69, 9.17) is 11.6 Å². The van der Waals surface area contributed by atoms with Crippen LogP contribution in [0.25, 0.3) is 11.0 Å². The predicted molar refractivity (Wildman–Crippen MR) is 84.3 cm³/mol. The first-order chi connectivity index (χ1) is 11.0. The van der Waals surface area contributed by atoms with E-state index in [0.717, 1.165) is 24.0 Å². The molecule has 3 aliphatic rings. The molecule has 3 fully saturated rings. The second-order valence-electron chi connectivity index (χ2n) is 7.18. The van der Waals surface area contributed by atoms with E-state index in [2.05, 4.69) is 14.5 Å². The highest BCUT2D eigenvalue weighted by molar-refractivity contribution is 6.28. The van der Waals surface area contributed by atoms with Gasteiger partial charge >= 0.3 is 0 Å². The molecule has 0 N–H and O–H groups in total. The Bertz CT molecular complexity index is 795. The SMILES string of the molecule is FC1(F)CN(c2cn(C3CC3)c3cnc(Cl)nc23)CCC12CC2. The van der Waals surface area contributed by atoms with Crippen molar-refractivity contribution in [2.75, 3.05) is 18.0 Å². The molecule has 2 aromatic heterocycles. The van der Waals surface area contributed by atoms with Gasteiger partial charge in [0.05, 0.1) is 23.9 Å². The van der Waals surface area contributed by atoms with Crippen molar-refractivity contribution in [3.05, 3.63) is 17.7 Å². The van der Waals surface area contributed by atoms with Gasteiger partial charge in [-0.25, -0.2) is 18.7 Å². The predicted octanol–water partition coefficient (Wildman–Crippen LogP) is 4.05. The van der Waals surface area contributed by atoms with Gasteiger partial charge in [0.15, 0.2) is 0 Å². The number of hydrogen-bond acceptors (Lipinski definition) is 3. The first-order valence-electron chi connectivity index (χ1n) is 8.15. The highest BCUT2D eigenvalue weighted by Crippen LogP contribution is 2.61. The Morgan fingerprint density at radius 3 is 2.65 bits per heavy atom. The molecular formula is C16H17ClF2N4. The molecule has 0 bridgehead atoms. The quantitative estimate of drug-likeness (QED) is 0.775. The number of piperidine rings is 1. The highest BCUT2D eigenvalue weighted by Gasteiger charge is 2.63. The molecule has 0 radical (unpaired) electrons. The van der Waals surface area contributed by atoms with Gasteiger partial charge in [0.2, 0.25) is 5.28 Å². The van der Waals surface area contributed by atoms with Crippen LogP contribution in [0.3, 0.4) is 0 Å². The minimum absolute atomic E-state index is 0.162. The first kappa shape index (κ1) is 14.0. The first-order valence-corrected chi connectivity index (χ1v) is 8.53. The Balaban J connectivity index is 1.58. The Kier molecular flexibility index (Phi) is 2.64. The number of hydrogen-bond donors (Lipinski definition) is 0. The largest absolute Gasteiger partial charge is 0.362 e. The third-order valence-electron chi connectivity index (χ3n) is 5.68. The van der Waals surface area contributed by atoms with Gasteiger partial charge in [-0.1, -0.05) is 0 Å². The molecule has 0 unspecified atom stereocenters. The van der Waals surface area contributed by atoms with Crippen LogP contribution in [0.1, 0.15) is 38.1 Å². The summed E-state index contributed by atoms with van der Waals surface area (Å²) in [6.07, 6.45) is 7.77. The van der Waals surface area contributed by atoms with Crippen molar-refractivity contribution in [1.82, 2.24) is 14.5 Å². The molecule has 122 valence electrons. The number of halogens is 3. The van der Waals surface area contributed by atoms with Crippen molar-refractivity contribution >= 4 is 28.3 Å². The van der Waals surface area contributed by atoms with Crippen LogP contribution in [0, 0.1) is 5.41 Å². The zero-order chi connectivity index (χ0) is 15.8. The van der Waals surface area contributed by atoms with Crippen molar-refractivity contribution in [2.24, 2.45) is 5.41 Å². The lowest BCUT2D eigenvalue weighted by molar-refractivity contribution is -0.0793. The normalized spacial score (nSPS) is 25.3. The van der Waals surface area contributed by atoms with E-state index in [1.807, 2.05) is 6.20 Å². The van der Waals surface area contributed by atoms with Gasteiger partial charge in [0.25, 0.3) is 5.92 Å². The van der Waals surface area contributed by atoms with E-state index in [1.54, 1.807) is 11.1 Å². The fourth-order valence-corrected chi connectivity index (χ4v) is 4.00. The standard InChI is InChI=1S/C16H17ClF2N4/c17-14-20-7-11-13(21-14)12(8-23(11)10-1-2-10)22-6-5-15(3-4-15)16(18,19)9-22/h7-8,10H,1-6,9H2. The summed E-state index contributed by atoms with van der Waals surface area (Å²) >= 11 is 5.95. The lowest BCUT2D eigenvalue weighted by Crippen LogP contribution is -2.50. The second-order valence-corrected chi connectivity index (χ2v) is 7.52. The van der Waals surface area contributed by atoms with Gasteiger partial charge < -0.3 is 9.47 Å². The number of anilines is 1. The van der Waals surface area contributed by atoms with Crippen LogP contribution in [0.5, 0.6) is 0 Å². The van der Waals surface area contributed by atoms with Crippen LogP contribution in [0.15, 0.2) is 12.4 Å². The zero-order valence-electron chi connectivity index (χ0n) is 12.6. The molecule has 1 saturated heterocycles. The molecule has 2 aliphatic carbocycles. The summed E-state index contributed by atoms with van der Waals surface area (Å²) in [6.45, 7) is 0.430. The van der Waals surface area contributed by atoms with E-state index in [0.29, 0.717) is 37.4 Å². The minimum Gasteiger partial charge on any atom is -0.362 e. The lowest BCUT2D eigenvalue weighted by atomic mass is 9.89. The van der Waals surface area contributed by atoms with Crippen LogP contribution in [0.4, 0.5) is 14.5 Å². The molecule has 2 saturated carbocycles. The van der Waals surface area contributed by atoms with E-state index >= 15 is 0 Å². The monoisotopic (exact) mass is 338 g/mol. The smallest absolute Gasteiger partial charge is 0.270 e. The Morgan fingerprint density at radius 1 is 1.22 bits per heavy atom. The number of alkyl halides is 2. The van der Waals surface area contributed by atoms with Gasteiger partial charge in [-0.05, 0) is 43.7 Å². The van der Waals surface area contributed by atoms with Gasteiger partial charge in [0, 0.05) is 24.2 Å². The summed E-state index contributed by atoms with van der Waals surface area (Å²) in [5, 5.41) is 0.162. The zero-order valence-corrected chi connectivity index (χ0v) is 13.4. The summed E-state index contributed by atoms with van der Waals surface area (Å²) in [4.78, 5) is 10.2. The van der Waals surface area contributed by atoms with Crippen molar-refractivity contribution in [3.8, 4) is 0 Å². The molecule has 0 atom stereocenters. The number of rotatable bonds is 2. The molecule has 2 aromatic rings. The van der Waals surface area contributed by atoms with Crippen molar-refractivity contribution < 1.29 is 8.78 Å². The molecule has 4 nitrogen and oxygen atoms in total. The fraction of sp³-hybridized carbons (Fsp3) is 0.625. The molecule has 0 aromatic carbocycles. The maximum absolute atomic E-state index is 14.5. The average molecular weight is 339 g/mol. The van der Waals surface area contributed by atoms with Crippen molar-refractivity contribution in [2.45, 2.75) is 44.1 Å². The Hall–Kier alpha value is -1.43. The van der Waals surface area contributed by atoms with Gasteiger partial charge in [0.1, 0.15) is 5.52 Å². The van der Waals surface area contributed by atoms with Crippen molar-refractivity contribution in [1.29, 1.82) is 0 Å². The molecule has 7 heteroatoms. The molecule has 1 aliphatic heterocycles. The van der Waals surface area contributed by atoms with E-state index in [9.17, 15) is 8.78 Å². The van der Waals surface area contributed by atoms with Crippen LogP contribution >= 0.6 is 11.6 Å². The molecule has 1 spiro atoms. The topological polar surface area (TPSA) is 34.0 Å². The third-order valence-corrected chi connectivity index (χ3v) is 5.86. The van der Waals surface area contributed by atoms with E-state index in [-0.39, 0.29) is 11.8 Å². The molecule has 5 rings (SSSR count). The van der Waals surface area contributed by atoms with Crippen molar-refractivity contribution in [3.63, 3.8) is 0 Å². The van der Waals surface area contributed by atoms with E-state index < -0.39 is 11.3 Å². The summed E-state index contributed by atoms with van der Waals surface area (Å²) in [7, 11) is 0. The van der Waals surface area contributed by atoms with E-state index in [1.165, 1.54) is 0 Å². The fourth-order valence-electron chi connectivity index (χ4n) is 3.87. The number of aromatic nitrogens is 3. The minimum atomic E-state index is -2.63. The third kappa shape index (κ3) is 2.00. The van der Waals surface area contributed by atoms with Crippen LogP contribution < -0.4 is 4.90 Å². The summed E-state index contributed by atoms with van der Waals surface area (Å²) in [5.74, 6) is -2.63. The van der Waals surface area contributed by atoms with Gasteiger partial charge in [-0.2, -0.15) is 0 Å². The Morgan fingerprint density at radius 2 is 2.00 bits per heavy atom. The molecule has 0 amide bonds. The summed E-state index contributed by atoms with van der Waals surface area (Å²) in [6, 6.07) is 0.441. The maximum atomic E-state index is 14.5. The Labute approximate surface area is 137 Å². The van der Waals surface area contributed by atoms with Gasteiger partial charge in [-0.15, -0.1) is 0 Å². The second kappa shape index (κ2) is 4.35. The highest BCUT2D eigenvalue weighted by atomic mass is 35.5. The average Bonchev–Trinajstić information content (AvgIpc) is 3.40. The molecule has 3 heterocycles. The number of nitrogens with zero attached hydrogens (tertiary/aromatic N) is 4. The lowest BCUT2D eigenvalue weighted by Gasteiger charge is -2.39. The van der Waals surface area contributed by atoms with Crippen LogP contribution in [0.2, 0.25) is 5.28 Å². The van der Waals surface area contributed by atoms with Crippen LogP contribution in [-0.4, -0.2) is 33.5 Å². The molecular weight excluding hydrogens is 322 g/mol. The number of fused-ring (bicyclic) bond motifs is 1. The maximum Gasteiger partial charge on any atom is 0.270 e. The summed E-state index contributed by atoms with van der Waals surface area (Å²) < 4.78 is 31.2. The summed E-state index contributed by atoms with van der Waals surface area (Å²) in [5.41, 5.74) is 1.62. The van der Waals surface area contributed by atoms with Gasteiger partial charge in [-0.3, -0.25) is 0 Å². The molecule has 23 heavy (non-hydrogen) atoms.